The van der Waals surface area contributed by atoms with E-state index in [9.17, 15) is 41.0 Å². The van der Waals surface area contributed by atoms with E-state index in [2.05, 4.69) is 11.9 Å². The van der Waals surface area contributed by atoms with Gasteiger partial charge in [-0.15, -0.1) is 0 Å². The second kappa shape index (κ2) is 12.4. The van der Waals surface area contributed by atoms with Gasteiger partial charge < -0.3 is 25.6 Å². The van der Waals surface area contributed by atoms with E-state index in [-0.39, 0.29) is 41.7 Å². The lowest BCUT2D eigenvalue weighted by Gasteiger charge is -2.33. The third-order valence-electron chi connectivity index (χ3n) is 7.76. The Balaban J connectivity index is 1.58. The van der Waals surface area contributed by atoms with Gasteiger partial charge in [0.1, 0.15) is 28.9 Å². The minimum atomic E-state index is -6.05. The van der Waals surface area contributed by atoms with Gasteiger partial charge in [0.2, 0.25) is 0 Å². The predicted octanol–water partition coefficient (Wildman–Crippen LogP) is 6.03. The van der Waals surface area contributed by atoms with Crippen molar-refractivity contribution in [2.75, 3.05) is 6.54 Å². The summed E-state index contributed by atoms with van der Waals surface area (Å²) in [5.41, 5.74) is -0.740. The molecule has 2 aliphatic rings. The first-order valence-corrected chi connectivity index (χ1v) is 14.2. The Morgan fingerprint density at radius 1 is 1.17 bits per heavy atom. The van der Waals surface area contributed by atoms with Gasteiger partial charge in [0, 0.05) is 12.0 Å². The number of imide groups is 1. The van der Waals surface area contributed by atoms with Gasteiger partial charge >= 0.3 is 18.4 Å². The molecule has 2 aromatic rings. The van der Waals surface area contributed by atoms with Crippen LogP contribution in [0.2, 0.25) is 0 Å². The van der Waals surface area contributed by atoms with Crippen LogP contribution in [-0.2, 0) is 28.8 Å². The number of rotatable bonds is 10. The molecule has 0 saturated carbocycles. The highest BCUT2D eigenvalue weighted by Gasteiger charge is 2.71. The van der Waals surface area contributed by atoms with E-state index in [1.54, 1.807) is 26.0 Å². The molecule has 0 spiro atoms. The smallest absolute Gasteiger partial charge is 0.430 e. The van der Waals surface area contributed by atoms with Crippen LogP contribution in [0.1, 0.15) is 49.4 Å². The second-order valence-electron chi connectivity index (χ2n) is 11.3. The largest absolute Gasteiger partial charge is 0.490 e. The summed E-state index contributed by atoms with van der Waals surface area (Å²) in [6, 6.07) is 6.55. The Morgan fingerprint density at radius 2 is 1.85 bits per heavy atom. The van der Waals surface area contributed by atoms with Crippen LogP contribution in [-0.4, -0.2) is 46.9 Å². The number of hydrogen-bond acceptors (Lipinski definition) is 6. The Kier molecular flexibility index (Phi) is 9.26. The van der Waals surface area contributed by atoms with Crippen molar-refractivity contribution < 1.29 is 50.5 Å². The zero-order valence-electron chi connectivity index (χ0n) is 25.2. The molecule has 3 amide bonds. The number of nitrogens with one attached hydrogen (secondary N) is 1. The second-order valence-corrected chi connectivity index (χ2v) is 11.3. The monoisotopic (exact) mass is 653 g/mol. The third kappa shape index (κ3) is 6.30. The van der Waals surface area contributed by atoms with Crippen molar-refractivity contribution in [2.45, 2.75) is 69.6 Å². The van der Waals surface area contributed by atoms with Gasteiger partial charge in [-0.3, -0.25) is 9.69 Å². The Labute approximate surface area is 261 Å². The van der Waals surface area contributed by atoms with Crippen molar-refractivity contribution >= 4 is 11.9 Å². The molecule has 4 N–H and O–H groups in total. The Bertz CT molecular complexity index is 1590. The molecule has 2 atom stereocenters. The maximum Gasteiger partial charge on any atom is 0.430 e. The van der Waals surface area contributed by atoms with E-state index in [0.717, 1.165) is 22.7 Å². The molecule has 248 valence electrons. The first kappa shape index (κ1) is 34.4. The number of alkyl halides is 6. The number of ether oxygens (including phenoxy) is 2. The molecule has 46 heavy (non-hydrogen) atoms. The molecule has 0 radical (unpaired) electrons. The van der Waals surface area contributed by atoms with Crippen molar-refractivity contribution in [2.24, 2.45) is 5.73 Å². The van der Waals surface area contributed by atoms with Crippen LogP contribution in [0.4, 0.5) is 31.1 Å². The summed E-state index contributed by atoms with van der Waals surface area (Å²) in [4.78, 5) is 27.4. The van der Waals surface area contributed by atoms with Gasteiger partial charge in [0.25, 0.3) is 11.5 Å². The Morgan fingerprint density at radius 3 is 2.46 bits per heavy atom. The highest BCUT2D eigenvalue weighted by atomic mass is 19.4. The lowest BCUT2D eigenvalue weighted by Crippen LogP contribution is -2.53. The number of fused-ring (bicyclic) bond motifs is 1. The number of urea groups is 1. The minimum Gasteiger partial charge on any atom is -0.490 e. The maximum atomic E-state index is 13.5. The third-order valence-corrected chi connectivity index (χ3v) is 7.76. The number of carbonyl (C=O) groups is 2. The van der Waals surface area contributed by atoms with E-state index in [1.807, 2.05) is 13.0 Å². The van der Waals surface area contributed by atoms with Crippen molar-refractivity contribution in [1.82, 2.24) is 10.2 Å². The van der Waals surface area contributed by atoms with Crippen LogP contribution in [0.5, 0.6) is 11.5 Å². The fraction of sp³-hybridized carbons (Fsp3) is 0.375. The molecule has 8 nitrogen and oxygen atoms in total. The van der Waals surface area contributed by atoms with Gasteiger partial charge in [-0.05, 0) is 85.1 Å². The predicted molar refractivity (Wildman–Crippen MR) is 155 cm³/mol. The average molecular weight is 654 g/mol. The quantitative estimate of drug-likeness (QED) is 0.125. The molecule has 4 rings (SSSR count). The molecule has 0 bridgehead atoms. The van der Waals surface area contributed by atoms with Gasteiger partial charge in [-0.1, -0.05) is 32.1 Å². The van der Waals surface area contributed by atoms with Gasteiger partial charge in [-0.25, -0.2) is 4.79 Å². The highest BCUT2D eigenvalue weighted by molar-refractivity contribution is 6.07. The molecule has 1 saturated heterocycles. The van der Waals surface area contributed by atoms with Crippen molar-refractivity contribution in [3.05, 3.63) is 94.9 Å². The highest BCUT2D eigenvalue weighted by Crippen LogP contribution is 2.50. The van der Waals surface area contributed by atoms with Crippen LogP contribution in [0.25, 0.3) is 0 Å². The summed E-state index contributed by atoms with van der Waals surface area (Å²) in [7, 11) is 0. The van der Waals surface area contributed by atoms with E-state index in [1.165, 1.54) is 12.2 Å². The summed E-state index contributed by atoms with van der Waals surface area (Å²) in [6.45, 7) is 8.76. The van der Waals surface area contributed by atoms with E-state index in [0.29, 0.717) is 36.3 Å². The first-order chi connectivity index (χ1) is 21.3. The molecule has 0 aliphatic carbocycles. The number of hydrogen-bond donors (Lipinski definition) is 3. The molecule has 2 unspecified atom stereocenters. The first-order valence-electron chi connectivity index (χ1n) is 14.2. The van der Waals surface area contributed by atoms with Crippen LogP contribution >= 0.6 is 0 Å². The lowest BCUT2D eigenvalue weighted by molar-refractivity contribution is -0.376. The molecule has 2 aliphatic heterocycles. The zero-order chi connectivity index (χ0) is 34.2. The molecule has 1 fully saturated rings. The van der Waals surface area contributed by atoms with Crippen molar-refractivity contribution in [3.63, 3.8) is 0 Å². The normalized spacial score (nSPS) is 20.6. The average Bonchev–Trinajstić information content (AvgIpc) is 3.43. The number of nitrogens with zero attached hydrogens (tertiary/aromatic N) is 1. The van der Waals surface area contributed by atoms with E-state index in [4.69, 9.17) is 15.2 Å². The van der Waals surface area contributed by atoms with Gasteiger partial charge in [0.05, 0.1) is 6.54 Å². The summed E-state index contributed by atoms with van der Waals surface area (Å²) >= 11 is 0. The van der Waals surface area contributed by atoms with Gasteiger partial charge in [-0.2, -0.15) is 26.3 Å². The van der Waals surface area contributed by atoms with Crippen molar-refractivity contribution in [1.29, 1.82) is 0 Å². The molecule has 2 heterocycles. The van der Waals surface area contributed by atoms with Gasteiger partial charge in [0.15, 0.2) is 0 Å². The number of nitrogens with two attached hydrogens (primary N) is 1. The number of halogens is 6. The topological polar surface area (TPSA) is 114 Å². The SMILES string of the molecule is C=C(/C=C(\C=C/N)Oc1ccc(C(O)(C(F)(F)F)C(F)(F)F)cc1CCC)CN1C(=O)NC(C)(c2ccc3c(c2)CC(C)O3)C1=O. The zero-order valence-corrected chi connectivity index (χ0v) is 25.2. The van der Waals surface area contributed by atoms with Crippen LogP contribution in [0, 0.1) is 0 Å². The molecule has 14 heteroatoms. The number of aliphatic hydroxyl groups is 1. The number of carbonyl (C=O) groups excluding carboxylic acids is 2. The Hall–Kier alpha value is -4.46. The summed E-state index contributed by atoms with van der Waals surface area (Å²) < 4.78 is 92.4. The summed E-state index contributed by atoms with van der Waals surface area (Å²) in [6.07, 6.45) is -7.51. The molecule has 0 aromatic heterocycles. The summed E-state index contributed by atoms with van der Waals surface area (Å²) in [5, 5.41) is 12.6. The molecular weight excluding hydrogens is 620 g/mol. The fourth-order valence-corrected chi connectivity index (χ4v) is 5.41. The minimum absolute atomic E-state index is 0.00426. The lowest BCUT2D eigenvalue weighted by atomic mass is 9.90. The number of aryl methyl sites for hydroxylation is 1. The van der Waals surface area contributed by atoms with Crippen LogP contribution < -0.4 is 20.5 Å². The van der Waals surface area contributed by atoms with Crippen molar-refractivity contribution in [3.8, 4) is 11.5 Å². The van der Waals surface area contributed by atoms with E-state index >= 15 is 0 Å². The number of benzene rings is 2. The maximum absolute atomic E-state index is 13.5. The van der Waals surface area contributed by atoms with Crippen LogP contribution in [0.3, 0.4) is 0 Å². The number of allylic oxidation sites excluding steroid dienone is 1. The summed E-state index contributed by atoms with van der Waals surface area (Å²) in [5.74, 6) is 0.0213. The fourth-order valence-electron chi connectivity index (χ4n) is 5.41. The number of amides is 3. The van der Waals surface area contributed by atoms with Crippen LogP contribution in [0.15, 0.2) is 72.7 Å². The van der Waals surface area contributed by atoms with E-state index < -0.39 is 41.0 Å². The molecular formula is C32H33F6N3O5. The standard InChI is InChI=1S/C32H33F6N3O5/c1-5-6-20-15-23(30(44,31(33,34)35)32(36,37)38)8-10-25(20)46-24(11-12-39)13-18(2)17-41-27(42)29(4,40-28(41)43)22-7-9-26-21(16-22)14-19(3)45-26/h7-13,15-16,19,44H,2,5-6,14,17,39H2,1,3-4H3,(H,40,43)/b12-11-,24-13+. The molecule has 2 aromatic carbocycles.